The van der Waals surface area contributed by atoms with Crippen LogP contribution in [-0.2, 0) is 4.79 Å². The third-order valence-corrected chi connectivity index (χ3v) is 4.27. The number of hydrogen-bond acceptors (Lipinski definition) is 2. The molecule has 1 amide bonds. The average Bonchev–Trinajstić information content (AvgIpc) is 2.59. The van der Waals surface area contributed by atoms with Gasteiger partial charge in [0.05, 0.1) is 0 Å². The molecule has 3 aromatic rings. The first-order valence-electron chi connectivity index (χ1n) is 7.88. The fourth-order valence-corrected chi connectivity index (χ4v) is 2.96. The molecule has 24 heavy (non-hydrogen) atoms. The molecule has 4 heteroatoms. The molecule has 122 valence electrons. The smallest absolute Gasteiger partial charge is 0.265 e. The number of hydrogen-bond donors (Lipinski definition) is 1. The van der Waals surface area contributed by atoms with Crippen LogP contribution in [0.15, 0.2) is 71.2 Å². The Bertz CT molecular complexity index is 858. The molecule has 0 spiro atoms. The summed E-state index contributed by atoms with van der Waals surface area (Å²) in [6.07, 6.45) is 0.0399. The zero-order valence-corrected chi connectivity index (χ0v) is 14.9. The summed E-state index contributed by atoms with van der Waals surface area (Å²) in [5.74, 6) is 0.577. The van der Waals surface area contributed by atoms with E-state index in [4.69, 9.17) is 4.74 Å². The van der Waals surface area contributed by atoms with Crippen molar-refractivity contribution in [1.29, 1.82) is 0 Å². The van der Waals surface area contributed by atoms with E-state index in [0.717, 1.165) is 26.7 Å². The molecular formula is C20H18BrNO2. The van der Waals surface area contributed by atoms with Crippen LogP contribution >= 0.6 is 15.9 Å². The second kappa shape index (κ2) is 7.49. The monoisotopic (exact) mass is 383 g/mol. The fourth-order valence-electron chi connectivity index (χ4n) is 2.56. The van der Waals surface area contributed by atoms with Gasteiger partial charge in [-0.25, -0.2) is 0 Å². The van der Waals surface area contributed by atoms with Crippen LogP contribution in [0, 0.1) is 0 Å². The van der Waals surface area contributed by atoms with Crippen molar-refractivity contribution in [2.45, 2.75) is 19.4 Å². The van der Waals surface area contributed by atoms with Gasteiger partial charge >= 0.3 is 0 Å². The van der Waals surface area contributed by atoms with Gasteiger partial charge in [0, 0.05) is 15.5 Å². The number of rotatable bonds is 5. The summed E-state index contributed by atoms with van der Waals surface area (Å²) in [5, 5.41) is 5.01. The predicted octanol–water partition coefficient (Wildman–Crippen LogP) is 5.40. The Morgan fingerprint density at radius 3 is 2.62 bits per heavy atom. The molecule has 3 nitrogen and oxygen atoms in total. The lowest BCUT2D eigenvalue weighted by atomic mass is 10.1. The van der Waals surface area contributed by atoms with Crippen molar-refractivity contribution >= 4 is 38.3 Å². The standard InChI is InChI=1S/C20H18BrNO2/c1-2-18(20(23)22-16-10-6-9-15(21)13-16)24-19-12-5-8-14-7-3-4-11-17(14)19/h3-13,18H,2H2,1H3,(H,22,23)/t18-/m0/s1. The zero-order chi connectivity index (χ0) is 16.9. The maximum absolute atomic E-state index is 12.5. The molecule has 3 rings (SSSR count). The number of amides is 1. The molecule has 0 radical (unpaired) electrons. The molecule has 0 bridgehead atoms. The summed E-state index contributed by atoms with van der Waals surface area (Å²) in [7, 11) is 0. The molecular weight excluding hydrogens is 366 g/mol. The molecule has 0 aromatic heterocycles. The van der Waals surface area contributed by atoms with Crippen LogP contribution in [0.5, 0.6) is 5.75 Å². The van der Waals surface area contributed by atoms with Crippen LogP contribution in [0.25, 0.3) is 10.8 Å². The molecule has 0 aliphatic rings. The molecule has 0 fully saturated rings. The van der Waals surface area contributed by atoms with Crippen LogP contribution in [0.2, 0.25) is 0 Å². The molecule has 0 saturated carbocycles. The number of carbonyl (C=O) groups excluding carboxylic acids is 1. The minimum Gasteiger partial charge on any atom is -0.480 e. The highest BCUT2D eigenvalue weighted by molar-refractivity contribution is 9.10. The zero-order valence-electron chi connectivity index (χ0n) is 13.3. The molecule has 0 aliphatic heterocycles. The molecule has 0 saturated heterocycles. The predicted molar refractivity (Wildman–Crippen MR) is 101 cm³/mol. The van der Waals surface area contributed by atoms with Gasteiger partial charge in [-0.1, -0.05) is 65.3 Å². The summed E-state index contributed by atoms with van der Waals surface area (Å²) in [6, 6.07) is 21.4. The largest absolute Gasteiger partial charge is 0.480 e. The van der Waals surface area contributed by atoms with E-state index in [2.05, 4.69) is 21.2 Å². The lowest BCUT2D eigenvalue weighted by Gasteiger charge is -2.18. The van der Waals surface area contributed by atoms with Crippen LogP contribution < -0.4 is 10.1 Å². The van der Waals surface area contributed by atoms with E-state index in [1.807, 2.05) is 73.7 Å². The highest BCUT2D eigenvalue weighted by Crippen LogP contribution is 2.27. The van der Waals surface area contributed by atoms with Gasteiger partial charge in [0.25, 0.3) is 5.91 Å². The van der Waals surface area contributed by atoms with Gasteiger partial charge < -0.3 is 10.1 Å². The summed E-state index contributed by atoms with van der Waals surface area (Å²) >= 11 is 3.40. The fraction of sp³-hybridized carbons (Fsp3) is 0.150. The van der Waals surface area contributed by atoms with Crippen LogP contribution in [0.3, 0.4) is 0 Å². The van der Waals surface area contributed by atoms with Crippen molar-refractivity contribution in [1.82, 2.24) is 0 Å². The Morgan fingerprint density at radius 1 is 1.08 bits per heavy atom. The first-order chi connectivity index (χ1) is 11.7. The molecule has 0 unspecified atom stereocenters. The Kier molecular flexibility index (Phi) is 5.16. The number of carbonyl (C=O) groups is 1. The minimum atomic E-state index is -0.546. The lowest BCUT2D eigenvalue weighted by molar-refractivity contribution is -0.122. The van der Waals surface area contributed by atoms with Crippen molar-refractivity contribution < 1.29 is 9.53 Å². The van der Waals surface area contributed by atoms with Crippen molar-refractivity contribution in [3.8, 4) is 5.75 Å². The van der Waals surface area contributed by atoms with Crippen molar-refractivity contribution in [2.75, 3.05) is 5.32 Å². The van der Waals surface area contributed by atoms with Gasteiger partial charge in [0.2, 0.25) is 0 Å². The summed E-state index contributed by atoms with van der Waals surface area (Å²) in [6.45, 7) is 1.94. The van der Waals surface area contributed by atoms with E-state index in [0.29, 0.717) is 6.42 Å². The quantitative estimate of drug-likeness (QED) is 0.640. The van der Waals surface area contributed by atoms with Crippen LogP contribution in [-0.4, -0.2) is 12.0 Å². The third-order valence-electron chi connectivity index (χ3n) is 3.77. The normalized spacial score (nSPS) is 11.9. The maximum atomic E-state index is 12.5. The van der Waals surface area contributed by atoms with E-state index in [1.165, 1.54) is 0 Å². The van der Waals surface area contributed by atoms with Gasteiger partial charge in [-0.3, -0.25) is 4.79 Å². The van der Waals surface area contributed by atoms with Gasteiger partial charge in [0.15, 0.2) is 6.10 Å². The van der Waals surface area contributed by atoms with Gasteiger partial charge in [-0.15, -0.1) is 0 Å². The van der Waals surface area contributed by atoms with Crippen LogP contribution in [0.4, 0.5) is 5.69 Å². The highest BCUT2D eigenvalue weighted by atomic mass is 79.9. The minimum absolute atomic E-state index is 0.150. The van der Waals surface area contributed by atoms with Crippen molar-refractivity contribution in [3.05, 3.63) is 71.2 Å². The van der Waals surface area contributed by atoms with E-state index >= 15 is 0 Å². The number of ether oxygens (including phenoxy) is 1. The Hall–Kier alpha value is -2.33. The highest BCUT2D eigenvalue weighted by Gasteiger charge is 2.19. The number of fused-ring (bicyclic) bond motifs is 1. The lowest BCUT2D eigenvalue weighted by Crippen LogP contribution is -2.32. The molecule has 3 aromatic carbocycles. The van der Waals surface area contributed by atoms with E-state index in [9.17, 15) is 4.79 Å². The number of benzene rings is 3. The second-order valence-corrected chi connectivity index (χ2v) is 6.41. The molecule has 0 heterocycles. The Morgan fingerprint density at radius 2 is 1.83 bits per heavy atom. The summed E-state index contributed by atoms with van der Waals surface area (Å²) in [4.78, 5) is 12.5. The van der Waals surface area contributed by atoms with E-state index < -0.39 is 6.10 Å². The van der Waals surface area contributed by atoms with Crippen molar-refractivity contribution in [3.63, 3.8) is 0 Å². The van der Waals surface area contributed by atoms with Crippen molar-refractivity contribution in [2.24, 2.45) is 0 Å². The Labute approximate surface area is 149 Å². The molecule has 1 N–H and O–H groups in total. The Balaban J connectivity index is 1.79. The number of anilines is 1. The number of halogens is 1. The molecule has 0 aliphatic carbocycles. The first-order valence-corrected chi connectivity index (χ1v) is 8.67. The third kappa shape index (κ3) is 3.77. The average molecular weight is 384 g/mol. The van der Waals surface area contributed by atoms with E-state index in [1.54, 1.807) is 0 Å². The summed E-state index contributed by atoms with van der Waals surface area (Å²) < 4.78 is 6.94. The molecule has 1 atom stereocenters. The first kappa shape index (κ1) is 16.5. The SMILES string of the molecule is CC[C@H](Oc1cccc2ccccc12)C(=O)Nc1cccc(Br)c1. The maximum Gasteiger partial charge on any atom is 0.265 e. The number of nitrogens with one attached hydrogen (secondary N) is 1. The van der Waals surface area contributed by atoms with Gasteiger partial charge in [0.1, 0.15) is 5.75 Å². The second-order valence-electron chi connectivity index (χ2n) is 5.49. The topological polar surface area (TPSA) is 38.3 Å². The van der Waals surface area contributed by atoms with Gasteiger partial charge in [-0.05, 0) is 36.1 Å². The van der Waals surface area contributed by atoms with Crippen LogP contribution in [0.1, 0.15) is 13.3 Å². The summed E-state index contributed by atoms with van der Waals surface area (Å²) in [5.41, 5.74) is 0.745. The van der Waals surface area contributed by atoms with E-state index in [-0.39, 0.29) is 5.91 Å². The van der Waals surface area contributed by atoms with Gasteiger partial charge in [-0.2, -0.15) is 0 Å².